The van der Waals surface area contributed by atoms with Gasteiger partial charge in [0.25, 0.3) is 0 Å². The minimum atomic E-state index is -1.15. The zero-order chi connectivity index (χ0) is 17.6. The topological polar surface area (TPSA) is 86.6 Å². The highest BCUT2D eigenvalue weighted by Gasteiger charge is 2.38. The normalized spacial score (nSPS) is 13.0. The van der Waals surface area contributed by atoms with Crippen molar-refractivity contribution in [1.82, 2.24) is 5.32 Å². The summed E-state index contributed by atoms with van der Waals surface area (Å²) in [5.74, 6) is -1.07. The molecule has 0 aliphatic heterocycles. The van der Waals surface area contributed by atoms with E-state index >= 15 is 0 Å². The lowest BCUT2D eigenvalue weighted by atomic mass is 9.78. The molecule has 0 aliphatic carbocycles. The average Bonchev–Trinajstić information content (AvgIpc) is 2.58. The molecule has 2 rings (SSSR count). The average molecular weight is 327 g/mol. The summed E-state index contributed by atoms with van der Waals surface area (Å²) >= 11 is 0. The second kappa shape index (κ2) is 7.64. The number of carboxylic acids is 1. The van der Waals surface area contributed by atoms with Gasteiger partial charge in [-0.2, -0.15) is 0 Å². The van der Waals surface area contributed by atoms with Crippen LogP contribution in [-0.4, -0.2) is 28.6 Å². The summed E-state index contributed by atoms with van der Waals surface area (Å²) in [4.78, 5) is 24.0. The van der Waals surface area contributed by atoms with Crippen molar-refractivity contribution in [1.29, 1.82) is 0 Å². The van der Waals surface area contributed by atoms with Crippen molar-refractivity contribution in [2.45, 2.75) is 25.2 Å². The lowest BCUT2D eigenvalue weighted by molar-refractivity contribution is -0.144. The fourth-order valence-electron chi connectivity index (χ4n) is 2.65. The maximum absolute atomic E-state index is 12.1. The van der Waals surface area contributed by atoms with Crippen molar-refractivity contribution >= 4 is 11.9 Å². The predicted molar refractivity (Wildman–Crippen MR) is 90.9 cm³/mol. The van der Waals surface area contributed by atoms with Crippen LogP contribution in [0.4, 0.5) is 0 Å². The number of benzene rings is 2. The molecule has 0 aliphatic rings. The molecular weight excluding hydrogens is 306 g/mol. The number of phenols is 1. The van der Waals surface area contributed by atoms with Gasteiger partial charge in [0.05, 0.1) is 6.42 Å². The fraction of sp³-hybridized carbons (Fsp3) is 0.263. The highest BCUT2D eigenvalue weighted by molar-refractivity contribution is 5.84. The van der Waals surface area contributed by atoms with Crippen LogP contribution in [-0.2, 0) is 21.4 Å². The van der Waals surface area contributed by atoms with Crippen molar-refractivity contribution in [3.05, 3.63) is 65.7 Å². The number of carbonyl (C=O) groups excluding carboxylic acids is 1. The minimum absolute atomic E-state index is 0.0275. The molecule has 5 nitrogen and oxygen atoms in total. The Morgan fingerprint density at radius 3 is 2.21 bits per heavy atom. The summed E-state index contributed by atoms with van der Waals surface area (Å²) in [7, 11) is 0. The Morgan fingerprint density at radius 2 is 1.67 bits per heavy atom. The molecule has 1 atom stereocenters. The van der Waals surface area contributed by atoms with Crippen LogP contribution in [0.3, 0.4) is 0 Å². The first-order valence-electron chi connectivity index (χ1n) is 7.81. The van der Waals surface area contributed by atoms with Crippen LogP contribution in [0.15, 0.2) is 54.6 Å². The molecule has 3 N–H and O–H groups in total. The standard InChI is InChI=1S/C19H21NO4/c1-2-19(18(23)24,15-6-4-3-5-7-15)13-20-17(22)12-14-8-10-16(21)11-9-14/h3-11,21H,2,12-13H2,1H3,(H,20,22)(H,23,24). The zero-order valence-electron chi connectivity index (χ0n) is 13.5. The van der Waals surface area contributed by atoms with E-state index in [0.29, 0.717) is 12.0 Å². The van der Waals surface area contributed by atoms with E-state index in [2.05, 4.69) is 5.32 Å². The second-order valence-electron chi connectivity index (χ2n) is 5.73. The molecule has 0 aromatic heterocycles. The Hall–Kier alpha value is -2.82. The van der Waals surface area contributed by atoms with Crippen molar-refractivity contribution in [2.24, 2.45) is 0 Å². The van der Waals surface area contributed by atoms with Crippen LogP contribution in [0.5, 0.6) is 5.75 Å². The maximum Gasteiger partial charge on any atom is 0.315 e. The second-order valence-corrected chi connectivity index (χ2v) is 5.73. The van der Waals surface area contributed by atoms with E-state index in [4.69, 9.17) is 0 Å². The van der Waals surface area contributed by atoms with E-state index in [1.807, 2.05) is 6.07 Å². The van der Waals surface area contributed by atoms with E-state index in [1.165, 1.54) is 12.1 Å². The monoisotopic (exact) mass is 327 g/mol. The zero-order valence-corrected chi connectivity index (χ0v) is 13.5. The van der Waals surface area contributed by atoms with Crippen LogP contribution in [0.25, 0.3) is 0 Å². The summed E-state index contributed by atoms with van der Waals surface area (Å²) < 4.78 is 0. The molecule has 5 heteroatoms. The fourth-order valence-corrected chi connectivity index (χ4v) is 2.65. The summed E-state index contributed by atoms with van der Waals surface area (Å²) in [5, 5.41) is 21.7. The Labute approximate surface area is 141 Å². The van der Waals surface area contributed by atoms with Gasteiger partial charge in [0.15, 0.2) is 0 Å². The first-order valence-corrected chi connectivity index (χ1v) is 7.81. The Balaban J connectivity index is 2.09. The molecular formula is C19H21NO4. The van der Waals surface area contributed by atoms with Gasteiger partial charge in [0, 0.05) is 6.54 Å². The van der Waals surface area contributed by atoms with Gasteiger partial charge in [0.2, 0.25) is 5.91 Å². The Bertz CT molecular complexity index is 697. The molecule has 24 heavy (non-hydrogen) atoms. The number of phenolic OH excluding ortho intramolecular Hbond substituents is 1. The molecule has 0 heterocycles. The van der Waals surface area contributed by atoms with Gasteiger partial charge in [-0.15, -0.1) is 0 Å². The Kier molecular flexibility index (Phi) is 5.58. The molecule has 2 aromatic rings. The van der Waals surface area contributed by atoms with Gasteiger partial charge in [-0.05, 0) is 29.7 Å². The van der Waals surface area contributed by atoms with E-state index in [9.17, 15) is 19.8 Å². The summed E-state index contributed by atoms with van der Waals surface area (Å²) in [6, 6.07) is 15.3. The lowest BCUT2D eigenvalue weighted by Gasteiger charge is -2.29. The largest absolute Gasteiger partial charge is 0.508 e. The minimum Gasteiger partial charge on any atom is -0.508 e. The smallest absolute Gasteiger partial charge is 0.315 e. The predicted octanol–water partition coefficient (Wildman–Crippen LogP) is 2.48. The molecule has 0 spiro atoms. The third kappa shape index (κ3) is 3.93. The molecule has 1 unspecified atom stereocenters. The molecule has 0 bridgehead atoms. The number of hydrogen-bond donors (Lipinski definition) is 3. The number of rotatable bonds is 7. The number of carboxylic acid groups (broad SMARTS) is 1. The van der Waals surface area contributed by atoms with Crippen molar-refractivity contribution in [3.63, 3.8) is 0 Å². The SMILES string of the molecule is CCC(CNC(=O)Cc1ccc(O)cc1)(C(=O)O)c1ccccc1. The number of carbonyl (C=O) groups is 2. The van der Waals surface area contributed by atoms with E-state index in [-0.39, 0.29) is 24.6 Å². The van der Waals surface area contributed by atoms with E-state index < -0.39 is 11.4 Å². The molecule has 126 valence electrons. The summed E-state index contributed by atoms with van der Waals surface area (Å²) in [6.07, 6.45) is 0.500. The molecule has 0 saturated heterocycles. The third-order valence-electron chi connectivity index (χ3n) is 4.23. The molecule has 2 aromatic carbocycles. The molecule has 0 fully saturated rings. The molecule has 0 saturated carbocycles. The number of amides is 1. The number of hydrogen-bond acceptors (Lipinski definition) is 3. The van der Waals surface area contributed by atoms with Crippen LogP contribution < -0.4 is 5.32 Å². The van der Waals surface area contributed by atoms with Gasteiger partial charge in [-0.1, -0.05) is 49.4 Å². The van der Waals surface area contributed by atoms with Gasteiger partial charge in [-0.25, -0.2) is 0 Å². The highest BCUT2D eigenvalue weighted by Crippen LogP contribution is 2.27. The quantitative estimate of drug-likeness (QED) is 0.729. The van der Waals surface area contributed by atoms with Crippen LogP contribution in [0.1, 0.15) is 24.5 Å². The van der Waals surface area contributed by atoms with Gasteiger partial charge in [0.1, 0.15) is 11.2 Å². The third-order valence-corrected chi connectivity index (χ3v) is 4.23. The first-order chi connectivity index (χ1) is 11.5. The van der Waals surface area contributed by atoms with E-state index in [1.54, 1.807) is 43.3 Å². The van der Waals surface area contributed by atoms with Gasteiger partial charge >= 0.3 is 5.97 Å². The molecule has 0 radical (unpaired) electrons. The van der Waals surface area contributed by atoms with Crippen molar-refractivity contribution < 1.29 is 19.8 Å². The highest BCUT2D eigenvalue weighted by atomic mass is 16.4. The molecule has 1 amide bonds. The number of aromatic hydroxyl groups is 1. The lowest BCUT2D eigenvalue weighted by Crippen LogP contribution is -2.46. The summed E-state index contributed by atoms with van der Waals surface area (Å²) in [5.41, 5.74) is 0.277. The van der Waals surface area contributed by atoms with Gasteiger partial charge < -0.3 is 15.5 Å². The maximum atomic E-state index is 12.1. The van der Waals surface area contributed by atoms with E-state index in [0.717, 1.165) is 5.56 Å². The summed E-state index contributed by atoms with van der Waals surface area (Å²) in [6.45, 7) is 1.83. The van der Waals surface area contributed by atoms with Crippen molar-refractivity contribution in [2.75, 3.05) is 6.54 Å². The van der Waals surface area contributed by atoms with Crippen molar-refractivity contribution in [3.8, 4) is 5.75 Å². The number of aliphatic carboxylic acids is 1. The van der Waals surface area contributed by atoms with Crippen LogP contribution in [0.2, 0.25) is 0 Å². The number of nitrogens with one attached hydrogen (secondary N) is 1. The van der Waals surface area contributed by atoms with Crippen LogP contribution >= 0.6 is 0 Å². The van der Waals surface area contributed by atoms with Gasteiger partial charge in [-0.3, -0.25) is 9.59 Å². The first kappa shape index (κ1) is 17.5. The Morgan fingerprint density at radius 1 is 1.04 bits per heavy atom. The van der Waals surface area contributed by atoms with Crippen LogP contribution in [0, 0.1) is 0 Å².